The number of aryl methyl sites for hydroxylation is 1. The van der Waals surface area contributed by atoms with Gasteiger partial charge in [-0.25, -0.2) is 9.37 Å². The van der Waals surface area contributed by atoms with E-state index in [0.29, 0.717) is 18.2 Å². The molecule has 1 saturated heterocycles. The molecule has 1 unspecified atom stereocenters. The van der Waals surface area contributed by atoms with Gasteiger partial charge in [-0.15, -0.1) is 11.6 Å². The van der Waals surface area contributed by atoms with Crippen molar-refractivity contribution >= 4 is 34.2 Å². The summed E-state index contributed by atoms with van der Waals surface area (Å²) in [6.45, 7) is 2.32. The highest BCUT2D eigenvalue weighted by molar-refractivity contribution is 6.31. The van der Waals surface area contributed by atoms with E-state index in [1.807, 2.05) is 0 Å². The van der Waals surface area contributed by atoms with Gasteiger partial charge in [-0.05, 0) is 12.5 Å². The summed E-state index contributed by atoms with van der Waals surface area (Å²) in [5, 5.41) is 0.101. The molecule has 2 heterocycles. The Hall–Kier alpha value is -0.840. The molecule has 3 nitrogen and oxygen atoms in total. The van der Waals surface area contributed by atoms with E-state index in [1.54, 1.807) is 6.07 Å². The summed E-state index contributed by atoms with van der Waals surface area (Å²) in [7, 11) is 0. The zero-order chi connectivity index (χ0) is 14.1. The van der Waals surface area contributed by atoms with Crippen LogP contribution in [0.5, 0.6) is 0 Å². The molecule has 1 atom stereocenters. The highest BCUT2D eigenvalue weighted by atomic mass is 35.5. The van der Waals surface area contributed by atoms with Crippen LogP contribution in [-0.2, 0) is 17.7 Å². The molecule has 0 bridgehead atoms. The van der Waals surface area contributed by atoms with Gasteiger partial charge < -0.3 is 9.30 Å². The van der Waals surface area contributed by atoms with Crippen molar-refractivity contribution in [2.75, 3.05) is 19.1 Å². The molecule has 2 aromatic rings. The van der Waals surface area contributed by atoms with Crippen molar-refractivity contribution in [3.8, 4) is 0 Å². The number of hydrogen-bond donors (Lipinski definition) is 0. The molecule has 1 aliphatic heterocycles. The molecule has 0 N–H and O–H groups in total. The lowest BCUT2D eigenvalue weighted by molar-refractivity contribution is 0.182. The van der Waals surface area contributed by atoms with Gasteiger partial charge in [0, 0.05) is 37.4 Å². The average molecular weight is 317 g/mol. The summed E-state index contributed by atoms with van der Waals surface area (Å²) in [6, 6.07) is 3.03. The first kappa shape index (κ1) is 14.1. The Labute approximate surface area is 126 Å². The lowest BCUT2D eigenvalue weighted by Gasteiger charge is -2.13. The second kappa shape index (κ2) is 5.88. The van der Waals surface area contributed by atoms with E-state index in [-0.39, 0.29) is 5.02 Å². The van der Waals surface area contributed by atoms with Crippen LogP contribution in [0.3, 0.4) is 0 Å². The average Bonchev–Trinajstić information content (AvgIpc) is 3.02. The first-order valence-corrected chi connectivity index (χ1v) is 7.58. The lowest BCUT2D eigenvalue weighted by Crippen LogP contribution is -2.13. The van der Waals surface area contributed by atoms with Crippen LogP contribution in [-0.4, -0.2) is 28.6 Å². The highest BCUT2D eigenvalue weighted by Crippen LogP contribution is 2.26. The third-order valence-corrected chi connectivity index (χ3v) is 4.13. The molecule has 1 aromatic heterocycles. The molecule has 0 spiro atoms. The van der Waals surface area contributed by atoms with Crippen LogP contribution in [0.25, 0.3) is 11.0 Å². The fourth-order valence-corrected chi connectivity index (χ4v) is 2.96. The molecular weight excluding hydrogens is 302 g/mol. The Morgan fingerprint density at radius 1 is 1.45 bits per heavy atom. The Balaban J connectivity index is 2.04. The number of imidazole rings is 1. The summed E-state index contributed by atoms with van der Waals surface area (Å²) < 4.78 is 21.2. The first-order valence-electron chi connectivity index (χ1n) is 6.67. The van der Waals surface area contributed by atoms with E-state index < -0.39 is 5.82 Å². The topological polar surface area (TPSA) is 27.1 Å². The molecule has 0 aliphatic carbocycles. The van der Waals surface area contributed by atoms with Gasteiger partial charge >= 0.3 is 0 Å². The largest absolute Gasteiger partial charge is 0.381 e. The fourth-order valence-electron chi connectivity index (χ4n) is 2.63. The van der Waals surface area contributed by atoms with Crippen molar-refractivity contribution in [3.63, 3.8) is 0 Å². The zero-order valence-corrected chi connectivity index (χ0v) is 12.4. The maximum Gasteiger partial charge on any atom is 0.144 e. The molecule has 1 fully saturated rings. The van der Waals surface area contributed by atoms with E-state index in [2.05, 4.69) is 9.55 Å². The van der Waals surface area contributed by atoms with Gasteiger partial charge in [0.25, 0.3) is 0 Å². The number of fused-ring (bicyclic) bond motifs is 1. The quantitative estimate of drug-likeness (QED) is 0.805. The van der Waals surface area contributed by atoms with Crippen molar-refractivity contribution in [2.45, 2.75) is 19.4 Å². The van der Waals surface area contributed by atoms with Gasteiger partial charge in [0.2, 0.25) is 0 Å². The SMILES string of the molecule is Fc1cc2c(cc1Cl)nc(CCCl)n2CC1CCOC1. The van der Waals surface area contributed by atoms with Crippen LogP contribution >= 0.6 is 23.2 Å². The molecule has 0 amide bonds. The maximum atomic E-state index is 13.7. The number of alkyl halides is 1. The van der Waals surface area contributed by atoms with Crippen molar-refractivity contribution in [2.24, 2.45) is 5.92 Å². The van der Waals surface area contributed by atoms with Gasteiger partial charge in [0.05, 0.1) is 22.7 Å². The van der Waals surface area contributed by atoms with Gasteiger partial charge in [-0.2, -0.15) is 0 Å². The number of benzene rings is 1. The number of halogens is 3. The normalized spacial score (nSPS) is 19.1. The van der Waals surface area contributed by atoms with E-state index in [0.717, 1.165) is 43.0 Å². The third kappa shape index (κ3) is 2.65. The number of ether oxygens (including phenoxy) is 1. The van der Waals surface area contributed by atoms with Gasteiger partial charge in [-0.1, -0.05) is 11.6 Å². The summed E-state index contributed by atoms with van der Waals surface area (Å²) in [6.07, 6.45) is 1.68. The maximum absolute atomic E-state index is 13.7. The Bertz CT molecular complexity index is 623. The van der Waals surface area contributed by atoms with E-state index in [9.17, 15) is 4.39 Å². The van der Waals surface area contributed by atoms with Gasteiger partial charge in [0.15, 0.2) is 0 Å². The van der Waals surface area contributed by atoms with E-state index >= 15 is 0 Å². The van der Waals surface area contributed by atoms with Crippen molar-refractivity contribution < 1.29 is 9.13 Å². The fraction of sp³-hybridized carbons (Fsp3) is 0.500. The molecule has 1 aromatic carbocycles. The third-order valence-electron chi connectivity index (χ3n) is 3.65. The molecule has 6 heteroatoms. The highest BCUT2D eigenvalue weighted by Gasteiger charge is 2.20. The molecule has 0 radical (unpaired) electrons. The lowest BCUT2D eigenvalue weighted by atomic mass is 10.1. The Morgan fingerprint density at radius 3 is 3.00 bits per heavy atom. The van der Waals surface area contributed by atoms with E-state index in [4.69, 9.17) is 27.9 Å². The second-order valence-electron chi connectivity index (χ2n) is 5.06. The predicted molar refractivity (Wildman–Crippen MR) is 78.1 cm³/mol. The smallest absolute Gasteiger partial charge is 0.144 e. The first-order chi connectivity index (χ1) is 9.69. The standard InChI is InChI=1S/C14H15Cl2FN2O/c15-3-1-14-18-12-5-10(16)11(17)6-13(12)19(14)7-9-2-4-20-8-9/h5-6,9H,1-4,7-8H2. The Morgan fingerprint density at radius 2 is 2.30 bits per heavy atom. The van der Waals surface area contributed by atoms with Crippen LogP contribution in [0.1, 0.15) is 12.2 Å². The number of aromatic nitrogens is 2. The van der Waals surface area contributed by atoms with Crippen LogP contribution < -0.4 is 0 Å². The predicted octanol–water partition coefficient (Wildman–Crippen LogP) is 3.65. The molecule has 108 valence electrons. The zero-order valence-electron chi connectivity index (χ0n) is 10.9. The summed E-state index contributed by atoms with van der Waals surface area (Å²) in [4.78, 5) is 4.53. The van der Waals surface area contributed by atoms with Crippen LogP contribution in [0, 0.1) is 11.7 Å². The molecule has 0 saturated carbocycles. The minimum absolute atomic E-state index is 0.101. The van der Waals surface area contributed by atoms with Crippen molar-refractivity contribution in [1.29, 1.82) is 0 Å². The van der Waals surface area contributed by atoms with Crippen molar-refractivity contribution in [3.05, 3.63) is 28.8 Å². The van der Waals surface area contributed by atoms with Crippen LogP contribution in [0.15, 0.2) is 12.1 Å². The summed E-state index contributed by atoms with van der Waals surface area (Å²) in [5.41, 5.74) is 1.49. The van der Waals surface area contributed by atoms with Crippen LogP contribution in [0.2, 0.25) is 5.02 Å². The summed E-state index contributed by atoms with van der Waals surface area (Å²) in [5.74, 6) is 1.39. The number of rotatable bonds is 4. The Kier molecular flexibility index (Phi) is 4.15. The monoisotopic (exact) mass is 316 g/mol. The van der Waals surface area contributed by atoms with E-state index in [1.165, 1.54) is 6.07 Å². The minimum Gasteiger partial charge on any atom is -0.381 e. The number of nitrogens with zero attached hydrogens (tertiary/aromatic N) is 2. The molecule has 20 heavy (non-hydrogen) atoms. The molecule has 3 rings (SSSR count). The van der Waals surface area contributed by atoms with Gasteiger partial charge in [0.1, 0.15) is 11.6 Å². The van der Waals surface area contributed by atoms with Crippen molar-refractivity contribution in [1.82, 2.24) is 9.55 Å². The molecule has 1 aliphatic rings. The summed E-state index contributed by atoms with van der Waals surface area (Å²) >= 11 is 11.7. The minimum atomic E-state index is -0.416. The van der Waals surface area contributed by atoms with Crippen LogP contribution in [0.4, 0.5) is 4.39 Å². The molecular formula is C14H15Cl2FN2O. The second-order valence-corrected chi connectivity index (χ2v) is 5.85. The number of hydrogen-bond acceptors (Lipinski definition) is 2. The van der Waals surface area contributed by atoms with Gasteiger partial charge in [-0.3, -0.25) is 0 Å².